The van der Waals surface area contributed by atoms with Crippen LogP contribution < -0.4 is 0 Å². The fourth-order valence-corrected chi connectivity index (χ4v) is 5.13. The molecule has 0 bridgehead atoms. The maximum atomic E-state index is 13.0. The second kappa shape index (κ2) is 8.29. The average molecular weight is 432 g/mol. The van der Waals surface area contributed by atoms with E-state index < -0.39 is 5.60 Å². The number of carbonyl (C=O) groups is 1. The van der Waals surface area contributed by atoms with E-state index in [1.54, 1.807) is 0 Å². The monoisotopic (exact) mass is 431 g/mol. The minimum atomic E-state index is -0.572. The number of benzene rings is 2. The molecule has 1 atom stereocenters. The lowest BCUT2D eigenvalue weighted by molar-refractivity contribution is -0.134. The Morgan fingerprint density at radius 1 is 1.07 bits per heavy atom. The number of carbonyl (C=O) groups excluding carboxylic acids is 1. The number of halogens is 2. The number of hydrogen-bond acceptors (Lipinski definition) is 2. The van der Waals surface area contributed by atoms with Crippen molar-refractivity contribution in [3.63, 3.8) is 0 Å². The third-order valence-corrected chi connectivity index (χ3v) is 7.09. The van der Waals surface area contributed by atoms with Crippen molar-refractivity contribution in [1.29, 1.82) is 0 Å². The van der Waals surface area contributed by atoms with Crippen LogP contribution >= 0.6 is 23.2 Å². The van der Waals surface area contributed by atoms with Crippen LogP contribution in [0.5, 0.6) is 0 Å². The molecule has 0 spiro atoms. The van der Waals surface area contributed by atoms with Gasteiger partial charge in [-0.05, 0) is 80.3 Å². The Labute approximate surface area is 182 Å². The summed E-state index contributed by atoms with van der Waals surface area (Å²) < 4.78 is 0. The number of amides is 1. The summed E-state index contributed by atoms with van der Waals surface area (Å²) >= 11 is 12.7. The number of likely N-dealkylation sites (tertiary alicyclic amines) is 1. The van der Waals surface area contributed by atoms with Crippen molar-refractivity contribution in [3.8, 4) is 11.1 Å². The molecule has 2 aromatic rings. The molecule has 2 aromatic carbocycles. The lowest BCUT2D eigenvalue weighted by Gasteiger charge is -2.37. The Morgan fingerprint density at radius 2 is 1.79 bits per heavy atom. The molecule has 0 radical (unpaired) electrons. The molecule has 29 heavy (non-hydrogen) atoms. The molecule has 1 aliphatic heterocycles. The van der Waals surface area contributed by atoms with Gasteiger partial charge in [-0.25, -0.2) is 0 Å². The van der Waals surface area contributed by atoms with Crippen LogP contribution in [0.25, 0.3) is 11.1 Å². The summed E-state index contributed by atoms with van der Waals surface area (Å²) in [6.07, 6.45) is 4.86. The number of hydrogen-bond donors (Lipinski definition) is 1. The zero-order chi connectivity index (χ0) is 20.6. The van der Waals surface area contributed by atoms with E-state index in [4.69, 9.17) is 23.2 Å². The zero-order valence-electron chi connectivity index (χ0n) is 16.7. The molecular formula is C24H27Cl2NO2. The second-order valence-corrected chi connectivity index (χ2v) is 9.61. The van der Waals surface area contributed by atoms with Crippen molar-refractivity contribution in [2.75, 3.05) is 6.54 Å². The van der Waals surface area contributed by atoms with Gasteiger partial charge in [-0.2, -0.15) is 0 Å². The Morgan fingerprint density at radius 3 is 2.48 bits per heavy atom. The molecule has 1 unspecified atom stereocenters. The average Bonchev–Trinajstić information content (AvgIpc) is 3.04. The van der Waals surface area contributed by atoms with Crippen molar-refractivity contribution in [1.82, 2.24) is 4.90 Å². The standard InChI is InChI=1S/C24H27Cl2NO2/c1-24(29)10-7-21(8-11-24)27-12-9-19(23(27)28)13-18-6-5-17(15-22(18)26)16-3-2-4-20(25)14-16/h2-6,14-15,19,21,29H,7-13H2,1H3. The van der Waals surface area contributed by atoms with Gasteiger partial charge >= 0.3 is 0 Å². The normalized spacial score (nSPS) is 27.4. The number of aliphatic hydroxyl groups is 1. The molecule has 3 nitrogen and oxygen atoms in total. The summed E-state index contributed by atoms with van der Waals surface area (Å²) in [4.78, 5) is 15.1. The zero-order valence-corrected chi connectivity index (χ0v) is 18.2. The van der Waals surface area contributed by atoms with Gasteiger partial charge in [0.2, 0.25) is 5.91 Å². The Bertz CT molecular complexity index is 902. The molecule has 1 saturated heterocycles. The van der Waals surface area contributed by atoms with Gasteiger partial charge in [0.05, 0.1) is 5.60 Å². The summed E-state index contributed by atoms with van der Waals surface area (Å²) in [5, 5.41) is 11.6. The molecule has 2 fully saturated rings. The highest BCUT2D eigenvalue weighted by Crippen LogP contribution is 2.35. The van der Waals surface area contributed by atoms with Crippen molar-refractivity contribution in [2.45, 2.75) is 57.1 Å². The predicted molar refractivity (Wildman–Crippen MR) is 118 cm³/mol. The lowest BCUT2D eigenvalue weighted by Crippen LogP contribution is -2.43. The van der Waals surface area contributed by atoms with E-state index >= 15 is 0 Å². The number of rotatable bonds is 4. The van der Waals surface area contributed by atoms with E-state index in [0.717, 1.165) is 55.3 Å². The highest BCUT2D eigenvalue weighted by Gasteiger charge is 2.39. The molecule has 1 N–H and O–H groups in total. The van der Waals surface area contributed by atoms with Gasteiger partial charge in [-0.15, -0.1) is 0 Å². The van der Waals surface area contributed by atoms with Crippen molar-refractivity contribution in [2.24, 2.45) is 5.92 Å². The van der Waals surface area contributed by atoms with Crippen LogP contribution in [0, 0.1) is 5.92 Å². The van der Waals surface area contributed by atoms with Crippen LogP contribution in [0.1, 0.15) is 44.6 Å². The smallest absolute Gasteiger partial charge is 0.226 e. The van der Waals surface area contributed by atoms with Crippen molar-refractivity contribution >= 4 is 29.1 Å². The highest BCUT2D eigenvalue weighted by atomic mass is 35.5. The van der Waals surface area contributed by atoms with Gasteiger partial charge in [-0.3, -0.25) is 4.79 Å². The first kappa shape index (κ1) is 20.7. The van der Waals surface area contributed by atoms with E-state index in [0.29, 0.717) is 16.5 Å². The minimum absolute atomic E-state index is 0.00745. The summed E-state index contributed by atoms with van der Waals surface area (Å²) in [5.74, 6) is 0.235. The summed E-state index contributed by atoms with van der Waals surface area (Å²) in [6.45, 7) is 2.71. The van der Waals surface area contributed by atoms with E-state index in [1.807, 2.05) is 54.3 Å². The SMILES string of the molecule is CC1(O)CCC(N2CCC(Cc3ccc(-c4cccc(Cl)c4)cc3Cl)C2=O)CC1. The highest BCUT2D eigenvalue weighted by molar-refractivity contribution is 6.32. The Balaban J connectivity index is 1.43. The first-order chi connectivity index (χ1) is 13.8. The van der Waals surface area contributed by atoms with Gasteiger partial charge in [0.1, 0.15) is 0 Å². The number of nitrogens with zero attached hydrogens (tertiary/aromatic N) is 1. The first-order valence-electron chi connectivity index (χ1n) is 10.4. The van der Waals surface area contributed by atoms with Gasteiger partial charge in [0, 0.05) is 28.5 Å². The van der Waals surface area contributed by atoms with E-state index in [-0.39, 0.29) is 17.9 Å². The van der Waals surface area contributed by atoms with E-state index in [1.165, 1.54) is 0 Å². The van der Waals surface area contributed by atoms with Crippen LogP contribution in [0.3, 0.4) is 0 Å². The third-order valence-electron chi connectivity index (χ3n) is 6.50. The van der Waals surface area contributed by atoms with Crippen LogP contribution in [-0.2, 0) is 11.2 Å². The molecule has 2 aliphatic rings. The van der Waals surface area contributed by atoms with Crippen LogP contribution in [0.2, 0.25) is 10.0 Å². The summed E-state index contributed by atoms with van der Waals surface area (Å²) in [6, 6.07) is 14.0. The Kier molecular flexibility index (Phi) is 5.92. The van der Waals surface area contributed by atoms with Gasteiger partial charge < -0.3 is 10.0 Å². The predicted octanol–water partition coefficient (Wildman–Crippen LogP) is 5.75. The molecule has 154 valence electrons. The second-order valence-electron chi connectivity index (χ2n) is 8.77. The van der Waals surface area contributed by atoms with E-state index in [9.17, 15) is 9.90 Å². The van der Waals surface area contributed by atoms with Gasteiger partial charge in [0.15, 0.2) is 0 Å². The fraction of sp³-hybridized carbons (Fsp3) is 0.458. The molecule has 4 rings (SSSR count). The van der Waals surface area contributed by atoms with Crippen molar-refractivity contribution < 1.29 is 9.90 Å². The third kappa shape index (κ3) is 4.63. The Hall–Kier alpha value is -1.55. The van der Waals surface area contributed by atoms with Crippen molar-refractivity contribution in [3.05, 3.63) is 58.1 Å². The fourth-order valence-electron chi connectivity index (χ4n) is 4.68. The molecular weight excluding hydrogens is 405 g/mol. The quantitative estimate of drug-likeness (QED) is 0.669. The molecule has 1 aliphatic carbocycles. The van der Waals surface area contributed by atoms with E-state index in [2.05, 4.69) is 0 Å². The first-order valence-corrected chi connectivity index (χ1v) is 11.2. The maximum Gasteiger partial charge on any atom is 0.226 e. The molecule has 1 heterocycles. The molecule has 0 aromatic heterocycles. The van der Waals surface area contributed by atoms with Gasteiger partial charge in [-0.1, -0.05) is 47.5 Å². The maximum absolute atomic E-state index is 13.0. The largest absolute Gasteiger partial charge is 0.390 e. The van der Waals surface area contributed by atoms with Crippen LogP contribution in [-0.4, -0.2) is 34.1 Å². The van der Waals surface area contributed by atoms with Crippen LogP contribution in [0.4, 0.5) is 0 Å². The van der Waals surface area contributed by atoms with Gasteiger partial charge in [0.25, 0.3) is 0 Å². The lowest BCUT2D eigenvalue weighted by atomic mass is 9.83. The van der Waals surface area contributed by atoms with Crippen LogP contribution in [0.15, 0.2) is 42.5 Å². The molecule has 1 saturated carbocycles. The minimum Gasteiger partial charge on any atom is -0.390 e. The summed E-state index contributed by atoms with van der Waals surface area (Å²) in [7, 11) is 0. The summed E-state index contributed by atoms with van der Waals surface area (Å²) in [5.41, 5.74) is 2.50. The molecule has 5 heteroatoms. The topological polar surface area (TPSA) is 40.5 Å². The molecule has 1 amide bonds.